The van der Waals surface area contributed by atoms with Crippen LogP contribution in [-0.4, -0.2) is 26.0 Å². The molecule has 8 heteroatoms. The molecule has 8 nitrogen and oxygen atoms in total. The summed E-state index contributed by atoms with van der Waals surface area (Å²) in [7, 11) is 0. The number of urea groups is 1. The van der Waals surface area contributed by atoms with Gasteiger partial charge in [0.05, 0.1) is 0 Å². The molecule has 4 aromatic rings. The molecule has 0 aliphatic carbocycles. The molecule has 4 rings (SSSR count). The normalized spacial score (nSPS) is 10.4. The minimum absolute atomic E-state index is 0.288. The Morgan fingerprint density at radius 3 is 2.40 bits per heavy atom. The van der Waals surface area contributed by atoms with Crippen LogP contribution in [0, 0.1) is 0 Å². The first-order valence-electron chi connectivity index (χ1n) is 9.57. The highest BCUT2D eigenvalue weighted by atomic mass is 16.2. The smallest absolute Gasteiger partial charge is 0.323 e. The summed E-state index contributed by atoms with van der Waals surface area (Å²) in [5.74, 6) is 1.25. The first-order chi connectivity index (χ1) is 14.7. The summed E-state index contributed by atoms with van der Waals surface area (Å²) < 4.78 is 1.64. The fourth-order valence-electron chi connectivity index (χ4n) is 2.87. The number of hydrogen-bond donors (Lipinski definition) is 3. The second-order valence-electron chi connectivity index (χ2n) is 6.56. The number of nitrogens with zero attached hydrogens (tertiary/aromatic N) is 4. The lowest BCUT2D eigenvalue weighted by molar-refractivity contribution is 0.262. The van der Waals surface area contributed by atoms with Crippen LogP contribution in [-0.2, 0) is 6.42 Å². The summed E-state index contributed by atoms with van der Waals surface area (Å²) in [6.45, 7) is 2.08. The number of amides is 2. The Hall–Kier alpha value is -4.20. The highest BCUT2D eigenvalue weighted by Gasteiger charge is 2.05. The number of hydrogen-bond acceptors (Lipinski definition) is 5. The number of nitrogens with one attached hydrogen (secondary N) is 3. The van der Waals surface area contributed by atoms with E-state index in [1.807, 2.05) is 66.7 Å². The highest BCUT2D eigenvalue weighted by Crippen LogP contribution is 2.18. The van der Waals surface area contributed by atoms with Crippen LogP contribution in [0.15, 0.2) is 79.1 Å². The Labute approximate surface area is 174 Å². The molecule has 2 amide bonds. The fourth-order valence-corrected chi connectivity index (χ4v) is 2.87. The molecule has 0 unspecified atom stereocenters. The van der Waals surface area contributed by atoms with Gasteiger partial charge in [0.15, 0.2) is 11.6 Å². The third-order valence-corrected chi connectivity index (χ3v) is 4.40. The molecule has 0 bridgehead atoms. The van der Waals surface area contributed by atoms with Gasteiger partial charge in [0.2, 0.25) is 0 Å². The van der Waals surface area contributed by atoms with Crippen molar-refractivity contribution in [2.75, 3.05) is 16.0 Å². The van der Waals surface area contributed by atoms with Gasteiger partial charge in [-0.15, -0.1) is 10.2 Å². The maximum Gasteiger partial charge on any atom is 0.323 e. The molecule has 0 spiro atoms. The second-order valence-corrected chi connectivity index (χ2v) is 6.56. The predicted molar refractivity (Wildman–Crippen MR) is 117 cm³/mol. The number of rotatable bonds is 6. The van der Waals surface area contributed by atoms with Gasteiger partial charge in [-0.2, -0.15) is 5.10 Å². The summed E-state index contributed by atoms with van der Waals surface area (Å²) in [6, 6.07) is 20.3. The van der Waals surface area contributed by atoms with Crippen molar-refractivity contribution in [3.8, 4) is 5.82 Å². The molecule has 0 radical (unpaired) electrons. The largest absolute Gasteiger partial charge is 0.339 e. The molecule has 0 atom stereocenters. The minimum atomic E-state index is -0.288. The van der Waals surface area contributed by atoms with Crippen molar-refractivity contribution in [3.63, 3.8) is 0 Å². The average molecular weight is 399 g/mol. The summed E-state index contributed by atoms with van der Waals surface area (Å²) in [5, 5.41) is 21.3. The topological polar surface area (TPSA) is 96.8 Å². The molecule has 2 aromatic heterocycles. The third-order valence-electron chi connectivity index (χ3n) is 4.40. The van der Waals surface area contributed by atoms with E-state index >= 15 is 0 Å². The Morgan fingerprint density at radius 1 is 0.900 bits per heavy atom. The molecule has 30 heavy (non-hydrogen) atoms. The van der Waals surface area contributed by atoms with Gasteiger partial charge in [0.25, 0.3) is 0 Å². The zero-order chi connectivity index (χ0) is 20.8. The molecule has 150 valence electrons. The standard InChI is InChI=1S/C22H21N7O/c1-2-16-5-3-6-19(15-16)26-22(30)25-18-9-7-17(8-10-18)24-20-11-12-21(28-27-20)29-14-4-13-23-29/h3-15H,2H2,1H3,(H,24,27)(H2,25,26,30). The molecule has 0 fully saturated rings. The summed E-state index contributed by atoms with van der Waals surface area (Å²) in [4.78, 5) is 12.2. The van der Waals surface area contributed by atoms with Crippen LogP contribution in [0.1, 0.15) is 12.5 Å². The Balaban J connectivity index is 1.34. The zero-order valence-corrected chi connectivity index (χ0v) is 16.4. The molecule has 3 N–H and O–H groups in total. The van der Waals surface area contributed by atoms with Gasteiger partial charge in [-0.05, 0) is 66.6 Å². The first-order valence-corrected chi connectivity index (χ1v) is 9.57. The zero-order valence-electron chi connectivity index (χ0n) is 16.4. The van der Waals surface area contributed by atoms with Gasteiger partial charge >= 0.3 is 6.03 Å². The molecule has 0 saturated carbocycles. The van der Waals surface area contributed by atoms with Crippen LogP contribution < -0.4 is 16.0 Å². The van der Waals surface area contributed by atoms with Crippen LogP contribution in [0.3, 0.4) is 0 Å². The molecule has 0 aliphatic rings. The van der Waals surface area contributed by atoms with Crippen molar-refractivity contribution < 1.29 is 4.79 Å². The van der Waals surface area contributed by atoms with E-state index in [1.165, 1.54) is 5.56 Å². The summed E-state index contributed by atoms with van der Waals surface area (Å²) in [6.07, 6.45) is 4.41. The van der Waals surface area contributed by atoms with Gasteiger partial charge < -0.3 is 16.0 Å². The highest BCUT2D eigenvalue weighted by molar-refractivity contribution is 5.99. The average Bonchev–Trinajstić information content (AvgIpc) is 3.31. The summed E-state index contributed by atoms with van der Waals surface area (Å²) in [5.41, 5.74) is 3.45. The van der Waals surface area contributed by atoms with Crippen molar-refractivity contribution in [1.82, 2.24) is 20.0 Å². The Bertz CT molecular complexity index is 1110. The number of aryl methyl sites for hydroxylation is 1. The monoisotopic (exact) mass is 399 g/mol. The van der Waals surface area contributed by atoms with Crippen LogP contribution in [0.5, 0.6) is 0 Å². The number of carbonyl (C=O) groups is 1. The number of anilines is 4. The molecular weight excluding hydrogens is 378 g/mol. The minimum Gasteiger partial charge on any atom is -0.339 e. The van der Waals surface area contributed by atoms with Crippen molar-refractivity contribution in [2.24, 2.45) is 0 Å². The van der Waals surface area contributed by atoms with E-state index in [1.54, 1.807) is 17.1 Å². The van der Waals surface area contributed by atoms with E-state index in [9.17, 15) is 4.79 Å². The van der Waals surface area contributed by atoms with Crippen LogP contribution in [0.2, 0.25) is 0 Å². The Kier molecular flexibility index (Phi) is 5.66. The van der Waals surface area contributed by atoms with Gasteiger partial charge in [-0.25, -0.2) is 9.48 Å². The van der Waals surface area contributed by atoms with E-state index < -0.39 is 0 Å². The van der Waals surface area contributed by atoms with Crippen molar-refractivity contribution in [2.45, 2.75) is 13.3 Å². The van der Waals surface area contributed by atoms with Gasteiger partial charge in [0, 0.05) is 29.5 Å². The number of benzene rings is 2. The van der Waals surface area contributed by atoms with E-state index in [-0.39, 0.29) is 6.03 Å². The number of carbonyl (C=O) groups excluding carboxylic acids is 1. The van der Waals surface area contributed by atoms with Crippen LogP contribution in [0.4, 0.5) is 27.7 Å². The molecule has 2 aromatic carbocycles. The van der Waals surface area contributed by atoms with Crippen molar-refractivity contribution >= 4 is 28.9 Å². The van der Waals surface area contributed by atoms with Gasteiger partial charge in [-0.3, -0.25) is 0 Å². The van der Waals surface area contributed by atoms with Gasteiger partial charge in [-0.1, -0.05) is 19.1 Å². The molecular formula is C22H21N7O. The summed E-state index contributed by atoms with van der Waals surface area (Å²) >= 11 is 0. The molecule has 2 heterocycles. The molecule has 0 aliphatic heterocycles. The van der Waals surface area contributed by atoms with E-state index in [4.69, 9.17) is 0 Å². The van der Waals surface area contributed by atoms with Crippen molar-refractivity contribution in [1.29, 1.82) is 0 Å². The van der Waals surface area contributed by atoms with E-state index in [0.29, 0.717) is 17.3 Å². The quantitative estimate of drug-likeness (QED) is 0.440. The number of aromatic nitrogens is 4. The lowest BCUT2D eigenvalue weighted by Gasteiger charge is -2.10. The predicted octanol–water partition coefficient (Wildman–Crippen LogP) is 4.61. The van der Waals surface area contributed by atoms with Crippen LogP contribution in [0.25, 0.3) is 5.82 Å². The Morgan fingerprint density at radius 2 is 1.70 bits per heavy atom. The maximum absolute atomic E-state index is 12.2. The first kappa shape index (κ1) is 19.1. The van der Waals surface area contributed by atoms with Gasteiger partial charge in [0.1, 0.15) is 0 Å². The van der Waals surface area contributed by atoms with Crippen molar-refractivity contribution in [3.05, 3.63) is 84.7 Å². The van der Waals surface area contributed by atoms with E-state index in [2.05, 4.69) is 38.2 Å². The maximum atomic E-state index is 12.2. The lowest BCUT2D eigenvalue weighted by Crippen LogP contribution is -2.19. The lowest BCUT2D eigenvalue weighted by atomic mass is 10.1. The molecule has 0 saturated heterocycles. The second kappa shape index (κ2) is 8.87. The fraction of sp³-hybridized carbons (Fsp3) is 0.0909. The SMILES string of the molecule is CCc1cccc(NC(=O)Nc2ccc(Nc3ccc(-n4cccn4)nn3)cc2)c1. The third kappa shape index (κ3) is 4.79. The van der Waals surface area contributed by atoms with Crippen LogP contribution >= 0.6 is 0 Å². The van der Waals surface area contributed by atoms with E-state index in [0.717, 1.165) is 17.8 Å².